The van der Waals surface area contributed by atoms with Gasteiger partial charge < -0.3 is 4.90 Å². The van der Waals surface area contributed by atoms with Crippen LogP contribution < -0.4 is 0 Å². The highest BCUT2D eigenvalue weighted by atomic mass is 32.2. The Morgan fingerprint density at radius 2 is 1.80 bits per heavy atom. The first kappa shape index (κ1) is 10.6. The highest BCUT2D eigenvalue weighted by Crippen LogP contribution is 2.26. The van der Waals surface area contributed by atoms with E-state index in [4.69, 9.17) is 0 Å². The Labute approximate surface area is 94.7 Å². The molecule has 0 unspecified atom stereocenters. The molecule has 0 saturated carbocycles. The number of nitrogens with zero attached hydrogens (tertiary/aromatic N) is 1. The van der Waals surface area contributed by atoms with Gasteiger partial charge in [-0.1, -0.05) is 49.9 Å². The summed E-state index contributed by atoms with van der Waals surface area (Å²) in [7, 11) is 0. The molecule has 0 atom stereocenters. The molecule has 1 heterocycles. The lowest BCUT2D eigenvalue weighted by atomic mass is 10.1. The van der Waals surface area contributed by atoms with Crippen LogP contribution in [0.15, 0.2) is 24.3 Å². The van der Waals surface area contributed by atoms with Crippen LogP contribution in [0.4, 0.5) is 4.79 Å². The molecule has 1 aliphatic rings. The van der Waals surface area contributed by atoms with Crippen molar-refractivity contribution < 1.29 is 4.79 Å². The van der Waals surface area contributed by atoms with Crippen LogP contribution in [0.25, 0.3) is 0 Å². The quantitative estimate of drug-likeness (QED) is 0.725. The van der Waals surface area contributed by atoms with Gasteiger partial charge in [-0.3, -0.25) is 4.79 Å². The van der Waals surface area contributed by atoms with E-state index in [1.54, 1.807) is 0 Å². The summed E-state index contributed by atoms with van der Waals surface area (Å²) in [5, 5.41) is 0.558. The van der Waals surface area contributed by atoms with Gasteiger partial charge in [0.15, 0.2) is 0 Å². The second-order valence-electron chi connectivity index (χ2n) is 4.06. The van der Waals surface area contributed by atoms with E-state index in [-0.39, 0.29) is 5.24 Å². The SMILES string of the molecule is CC(C)SC(=O)N1Cc2ccccc2C1. The molecule has 3 heteroatoms. The average molecular weight is 221 g/mol. The second-order valence-corrected chi connectivity index (χ2v) is 5.59. The van der Waals surface area contributed by atoms with Crippen molar-refractivity contribution in [3.8, 4) is 0 Å². The normalized spacial score (nSPS) is 14.5. The molecule has 0 bridgehead atoms. The first-order chi connectivity index (χ1) is 7.16. The van der Waals surface area contributed by atoms with Crippen LogP contribution in [0.5, 0.6) is 0 Å². The fraction of sp³-hybridized carbons (Fsp3) is 0.417. The van der Waals surface area contributed by atoms with Crippen LogP contribution in [-0.4, -0.2) is 15.4 Å². The molecule has 2 rings (SSSR count). The summed E-state index contributed by atoms with van der Waals surface area (Å²) in [6.07, 6.45) is 0. The average Bonchev–Trinajstić information content (AvgIpc) is 2.59. The molecule has 0 aliphatic carbocycles. The third kappa shape index (κ3) is 2.34. The molecule has 15 heavy (non-hydrogen) atoms. The maximum atomic E-state index is 11.8. The number of benzene rings is 1. The highest BCUT2D eigenvalue weighted by molar-refractivity contribution is 8.14. The van der Waals surface area contributed by atoms with Crippen LogP contribution in [0.2, 0.25) is 0 Å². The molecular formula is C12H15NOS. The van der Waals surface area contributed by atoms with Crippen LogP contribution in [0.1, 0.15) is 25.0 Å². The van der Waals surface area contributed by atoms with Crippen LogP contribution in [0.3, 0.4) is 0 Å². The maximum Gasteiger partial charge on any atom is 0.282 e. The number of carbonyl (C=O) groups excluding carboxylic acids is 1. The maximum absolute atomic E-state index is 11.8. The predicted octanol–water partition coefficient (Wildman–Crippen LogP) is 3.26. The zero-order valence-corrected chi connectivity index (χ0v) is 9.88. The standard InChI is InChI=1S/C12H15NOS/c1-9(2)15-12(14)13-7-10-5-3-4-6-11(10)8-13/h3-6,9H,7-8H2,1-2H3. The minimum atomic E-state index is 0.196. The number of amides is 1. The first-order valence-corrected chi connectivity index (χ1v) is 6.07. The molecule has 0 fully saturated rings. The summed E-state index contributed by atoms with van der Waals surface area (Å²) >= 11 is 1.41. The van der Waals surface area contributed by atoms with Crippen molar-refractivity contribution in [1.29, 1.82) is 0 Å². The number of hydrogen-bond acceptors (Lipinski definition) is 2. The Bertz CT molecular complexity index is 351. The Balaban J connectivity index is 2.04. The lowest BCUT2D eigenvalue weighted by Crippen LogP contribution is -2.22. The van der Waals surface area contributed by atoms with Gasteiger partial charge in [-0.2, -0.15) is 0 Å². The van der Waals surface area contributed by atoms with Crippen molar-refractivity contribution in [3.05, 3.63) is 35.4 Å². The van der Waals surface area contributed by atoms with Crippen molar-refractivity contribution in [2.24, 2.45) is 0 Å². The monoisotopic (exact) mass is 221 g/mol. The molecule has 2 nitrogen and oxygen atoms in total. The number of hydrogen-bond donors (Lipinski definition) is 0. The van der Waals surface area contributed by atoms with E-state index in [0.29, 0.717) is 5.25 Å². The van der Waals surface area contributed by atoms with Gasteiger partial charge in [0.2, 0.25) is 0 Å². The molecule has 1 amide bonds. The summed E-state index contributed by atoms with van der Waals surface area (Å²) in [4.78, 5) is 13.7. The topological polar surface area (TPSA) is 20.3 Å². The summed E-state index contributed by atoms with van der Waals surface area (Å²) in [6.45, 7) is 5.64. The van der Waals surface area contributed by atoms with Gasteiger partial charge in [0, 0.05) is 18.3 Å². The molecule has 1 aliphatic heterocycles. The van der Waals surface area contributed by atoms with Gasteiger partial charge in [-0.25, -0.2) is 0 Å². The summed E-state index contributed by atoms with van der Waals surface area (Å²) in [5.74, 6) is 0. The molecule has 0 N–H and O–H groups in total. The van der Waals surface area contributed by atoms with Gasteiger partial charge in [0.1, 0.15) is 0 Å². The second kappa shape index (κ2) is 4.27. The largest absolute Gasteiger partial charge is 0.325 e. The Morgan fingerprint density at radius 3 is 2.27 bits per heavy atom. The van der Waals surface area contributed by atoms with Crippen molar-refractivity contribution in [1.82, 2.24) is 4.90 Å². The van der Waals surface area contributed by atoms with Crippen molar-refractivity contribution in [2.75, 3.05) is 0 Å². The Morgan fingerprint density at radius 1 is 1.27 bits per heavy atom. The Kier molecular flexibility index (Phi) is 3.00. The Hall–Kier alpha value is -0.960. The van der Waals surface area contributed by atoms with Gasteiger partial charge in [-0.15, -0.1) is 0 Å². The van der Waals surface area contributed by atoms with Crippen molar-refractivity contribution >= 4 is 17.0 Å². The van der Waals surface area contributed by atoms with Crippen molar-refractivity contribution in [3.63, 3.8) is 0 Å². The van der Waals surface area contributed by atoms with Gasteiger partial charge in [-0.05, 0) is 11.1 Å². The van der Waals surface area contributed by atoms with Gasteiger partial charge in [0.25, 0.3) is 5.24 Å². The molecule has 0 saturated heterocycles. The summed E-state index contributed by atoms with van der Waals surface area (Å²) in [6, 6.07) is 8.26. The van der Waals surface area contributed by atoms with E-state index >= 15 is 0 Å². The smallest absolute Gasteiger partial charge is 0.282 e. The fourth-order valence-corrected chi connectivity index (χ4v) is 2.42. The predicted molar refractivity (Wildman–Crippen MR) is 63.8 cm³/mol. The number of rotatable bonds is 1. The molecular weight excluding hydrogens is 206 g/mol. The van der Waals surface area contributed by atoms with E-state index in [2.05, 4.69) is 12.1 Å². The molecule has 0 radical (unpaired) electrons. The molecule has 1 aromatic rings. The molecule has 80 valence electrons. The van der Waals surface area contributed by atoms with E-state index in [0.717, 1.165) is 13.1 Å². The summed E-state index contributed by atoms with van der Waals surface area (Å²) in [5.41, 5.74) is 2.57. The van der Waals surface area contributed by atoms with Crippen LogP contribution in [-0.2, 0) is 13.1 Å². The minimum Gasteiger partial charge on any atom is -0.325 e. The minimum absolute atomic E-state index is 0.196. The third-order valence-electron chi connectivity index (χ3n) is 2.44. The number of fused-ring (bicyclic) bond motifs is 1. The summed E-state index contributed by atoms with van der Waals surface area (Å²) < 4.78 is 0. The van der Waals surface area contributed by atoms with E-state index in [9.17, 15) is 4.79 Å². The lowest BCUT2D eigenvalue weighted by molar-refractivity contribution is 0.224. The van der Waals surface area contributed by atoms with Crippen molar-refractivity contribution in [2.45, 2.75) is 32.2 Å². The van der Waals surface area contributed by atoms with E-state index in [1.165, 1.54) is 22.9 Å². The number of thioether (sulfide) groups is 1. The number of carbonyl (C=O) groups is 1. The zero-order chi connectivity index (χ0) is 10.8. The van der Waals surface area contributed by atoms with Crippen LogP contribution in [0, 0.1) is 0 Å². The van der Waals surface area contributed by atoms with Gasteiger partial charge in [0.05, 0.1) is 0 Å². The van der Waals surface area contributed by atoms with E-state index in [1.807, 2.05) is 30.9 Å². The first-order valence-electron chi connectivity index (χ1n) is 5.19. The molecule has 1 aromatic carbocycles. The fourth-order valence-electron chi connectivity index (χ4n) is 1.74. The third-order valence-corrected chi connectivity index (χ3v) is 3.37. The van der Waals surface area contributed by atoms with E-state index < -0.39 is 0 Å². The molecule has 0 aromatic heterocycles. The van der Waals surface area contributed by atoms with Gasteiger partial charge >= 0.3 is 0 Å². The highest BCUT2D eigenvalue weighted by Gasteiger charge is 2.23. The zero-order valence-electron chi connectivity index (χ0n) is 9.06. The van der Waals surface area contributed by atoms with Crippen LogP contribution >= 0.6 is 11.8 Å². The lowest BCUT2D eigenvalue weighted by Gasteiger charge is -2.15. The molecule has 0 spiro atoms.